The summed E-state index contributed by atoms with van der Waals surface area (Å²) in [6.45, 7) is -2.02. The highest BCUT2D eigenvalue weighted by atomic mass is 31.3. The van der Waals surface area contributed by atoms with E-state index in [0.717, 1.165) is 16.8 Å². The van der Waals surface area contributed by atoms with Crippen molar-refractivity contribution in [3.8, 4) is 0 Å². The fourth-order valence-electron chi connectivity index (χ4n) is 3.12. The van der Waals surface area contributed by atoms with Crippen LogP contribution in [0.2, 0.25) is 0 Å². The van der Waals surface area contributed by atoms with Crippen molar-refractivity contribution in [1.82, 2.24) is 9.55 Å². The second kappa shape index (κ2) is 14.7. The maximum Gasteiger partial charge on any atom is 0.476 e. The molecule has 37 heavy (non-hydrogen) atoms. The first-order valence-corrected chi connectivity index (χ1v) is 14.0. The molecule has 0 aromatic carbocycles. The van der Waals surface area contributed by atoms with Gasteiger partial charge in [0.15, 0.2) is 12.1 Å². The summed E-state index contributed by atoms with van der Waals surface area (Å²) in [4.78, 5) is 43.9. The van der Waals surface area contributed by atoms with E-state index in [1.807, 2.05) is 4.98 Å². The van der Waals surface area contributed by atoms with Gasteiger partial charge in [-0.25, -0.2) is 13.7 Å². The van der Waals surface area contributed by atoms with Crippen molar-refractivity contribution in [2.24, 2.45) is 5.73 Å². The predicted molar refractivity (Wildman–Crippen MR) is 121 cm³/mol. The highest BCUT2D eigenvalue weighted by molar-refractivity contribution is 7.64. The van der Waals surface area contributed by atoms with E-state index in [9.17, 15) is 38.7 Å². The van der Waals surface area contributed by atoms with Gasteiger partial charge in [-0.1, -0.05) is 0 Å². The molecule has 1 aromatic heterocycles. The minimum atomic E-state index is -5.44. The van der Waals surface area contributed by atoms with Gasteiger partial charge >= 0.3 is 21.1 Å². The monoisotopic (exact) mass is 579 g/mol. The summed E-state index contributed by atoms with van der Waals surface area (Å²) in [7, 11) is -10.4. The molecule has 0 radical (unpaired) electrons. The van der Waals surface area contributed by atoms with E-state index >= 15 is 0 Å². The van der Waals surface area contributed by atoms with Gasteiger partial charge in [0.2, 0.25) is 0 Å². The summed E-state index contributed by atoms with van der Waals surface area (Å²) in [6.07, 6.45) is -5.38. The Morgan fingerprint density at radius 2 is 1.84 bits per heavy atom. The van der Waals surface area contributed by atoms with Gasteiger partial charge in [-0.05, 0) is 0 Å². The summed E-state index contributed by atoms with van der Waals surface area (Å²) in [5.41, 5.74) is 3.64. The Labute approximate surface area is 209 Å². The van der Waals surface area contributed by atoms with Crippen molar-refractivity contribution < 1.29 is 62.0 Å². The van der Waals surface area contributed by atoms with Crippen molar-refractivity contribution in [2.75, 3.05) is 52.8 Å². The lowest BCUT2D eigenvalue weighted by Crippen LogP contribution is -2.37. The number of nitrogens with two attached hydrogens (primary N) is 1. The van der Waals surface area contributed by atoms with Crippen LogP contribution in [0, 0.1) is 0 Å². The Balaban J connectivity index is 2.20. The van der Waals surface area contributed by atoms with Crippen molar-refractivity contribution in [3.05, 3.63) is 33.1 Å². The van der Waals surface area contributed by atoms with Crippen LogP contribution in [0.15, 0.2) is 21.9 Å². The number of H-pyrrole nitrogens is 1. The van der Waals surface area contributed by atoms with Crippen LogP contribution in [-0.4, -0.2) is 112 Å². The standard InChI is InChI=1S/C17H31N3O15P2/c18-2-5-30-7-8-32-13(10-31-6-4-21)36(26,35-37(27,28)29)33-9-11-14(23)15(24)16(34-11)20-3-1-12(22)19-17(20)25/h1,3,11,13-16,21,23-24H,2,4-10,18H2,(H,19,22,25)(H2,27,28,29)/t11-,13?,14-,15-,16-,36?/m1/s1. The number of nitrogens with zero attached hydrogens (tertiary/aromatic N) is 1. The van der Waals surface area contributed by atoms with Crippen LogP contribution in [0.3, 0.4) is 0 Å². The molecule has 0 aliphatic carbocycles. The van der Waals surface area contributed by atoms with E-state index in [-0.39, 0.29) is 33.0 Å². The number of aliphatic hydroxyl groups is 3. The molecular weight excluding hydrogens is 548 g/mol. The van der Waals surface area contributed by atoms with E-state index in [4.69, 9.17) is 34.3 Å². The molecule has 0 spiro atoms. The van der Waals surface area contributed by atoms with E-state index < -0.39 is 76.9 Å². The topological polar surface area (TPSA) is 272 Å². The lowest BCUT2D eigenvalue weighted by atomic mass is 10.1. The number of hydrogen-bond acceptors (Lipinski definition) is 14. The molecule has 214 valence electrons. The lowest BCUT2D eigenvalue weighted by Gasteiger charge is -2.28. The molecular formula is C17H31N3O15P2. The van der Waals surface area contributed by atoms with Crippen LogP contribution < -0.4 is 17.0 Å². The summed E-state index contributed by atoms with van der Waals surface area (Å²) in [6, 6.07) is 0.974. The molecule has 1 fully saturated rings. The van der Waals surface area contributed by atoms with Crippen LogP contribution >= 0.6 is 15.4 Å². The minimum Gasteiger partial charge on any atom is -0.394 e. The number of ether oxygens (including phenoxy) is 4. The van der Waals surface area contributed by atoms with E-state index in [1.54, 1.807) is 0 Å². The molecule has 6 atom stereocenters. The summed E-state index contributed by atoms with van der Waals surface area (Å²) >= 11 is 0. The Bertz CT molecular complexity index is 1050. The molecule has 2 heterocycles. The fraction of sp³-hybridized carbons (Fsp3) is 0.765. The number of nitrogens with one attached hydrogen (secondary N) is 1. The molecule has 0 bridgehead atoms. The third-order valence-corrected chi connectivity index (χ3v) is 8.02. The highest BCUT2D eigenvalue weighted by Gasteiger charge is 2.48. The van der Waals surface area contributed by atoms with Gasteiger partial charge in [0, 0.05) is 18.8 Å². The van der Waals surface area contributed by atoms with Gasteiger partial charge in [-0.2, -0.15) is 0 Å². The minimum absolute atomic E-state index is 0.0458. The molecule has 20 heteroatoms. The van der Waals surface area contributed by atoms with Crippen molar-refractivity contribution in [1.29, 1.82) is 0 Å². The molecule has 1 aliphatic heterocycles. The smallest absolute Gasteiger partial charge is 0.394 e. The maximum atomic E-state index is 13.5. The summed E-state index contributed by atoms with van der Waals surface area (Å²) in [5.74, 6) is -1.73. The second-order valence-electron chi connectivity index (χ2n) is 7.50. The predicted octanol–water partition coefficient (Wildman–Crippen LogP) is -3.20. The van der Waals surface area contributed by atoms with Gasteiger partial charge in [0.1, 0.15) is 18.3 Å². The third kappa shape index (κ3) is 9.72. The number of hydrogen-bond donors (Lipinski definition) is 7. The van der Waals surface area contributed by atoms with E-state index in [0.29, 0.717) is 0 Å². The van der Waals surface area contributed by atoms with Crippen molar-refractivity contribution in [2.45, 2.75) is 30.4 Å². The van der Waals surface area contributed by atoms with Crippen LogP contribution in [0.5, 0.6) is 0 Å². The van der Waals surface area contributed by atoms with Gasteiger partial charge in [-0.3, -0.25) is 18.9 Å². The van der Waals surface area contributed by atoms with Crippen LogP contribution in [-0.2, 0) is 36.9 Å². The second-order valence-corrected chi connectivity index (χ2v) is 11.0. The van der Waals surface area contributed by atoms with Gasteiger partial charge in [-0.15, -0.1) is 0 Å². The normalized spacial score (nSPS) is 24.7. The lowest BCUT2D eigenvalue weighted by molar-refractivity contribution is -0.0569. The Morgan fingerprint density at radius 1 is 1.11 bits per heavy atom. The van der Waals surface area contributed by atoms with Crippen LogP contribution in [0.4, 0.5) is 0 Å². The highest BCUT2D eigenvalue weighted by Crippen LogP contribution is 2.63. The molecule has 8 N–H and O–H groups in total. The Kier molecular flexibility index (Phi) is 12.7. The van der Waals surface area contributed by atoms with Crippen molar-refractivity contribution >= 4 is 15.4 Å². The molecule has 18 nitrogen and oxygen atoms in total. The first kappa shape index (κ1) is 31.9. The largest absolute Gasteiger partial charge is 0.476 e. The molecule has 2 unspecified atom stereocenters. The zero-order chi connectivity index (χ0) is 27.6. The zero-order valence-electron chi connectivity index (χ0n) is 19.4. The number of phosphoric acid groups is 1. The molecule has 1 aliphatic rings. The Hall–Kier alpha value is -1.34. The van der Waals surface area contributed by atoms with Crippen LogP contribution in [0.1, 0.15) is 6.23 Å². The zero-order valence-corrected chi connectivity index (χ0v) is 21.2. The molecule has 0 saturated carbocycles. The third-order valence-electron chi connectivity index (χ3n) is 4.75. The van der Waals surface area contributed by atoms with Gasteiger partial charge in [0.25, 0.3) is 5.56 Å². The SMILES string of the molecule is NCCOCCOC(COCCO)P(=O)(OC[C@H]1O[C@@H](n2ccc(=O)[nH]c2=O)[C@H](O)[C@@H]1O)OP(=O)(O)O. The first-order valence-electron chi connectivity index (χ1n) is 10.8. The van der Waals surface area contributed by atoms with Gasteiger partial charge < -0.3 is 54.3 Å². The Morgan fingerprint density at radius 3 is 2.46 bits per heavy atom. The average molecular weight is 579 g/mol. The van der Waals surface area contributed by atoms with E-state index in [2.05, 4.69) is 4.31 Å². The van der Waals surface area contributed by atoms with Gasteiger partial charge in [0.05, 0.1) is 46.2 Å². The maximum absolute atomic E-state index is 13.5. The van der Waals surface area contributed by atoms with Crippen LogP contribution in [0.25, 0.3) is 0 Å². The number of rotatable bonds is 17. The average Bonchev–Trinajstić information content (AvgIpc) is 3.09. The molecule has 0 amide bonds. The number of aromatic amines is 1. The fourth-order valence-corrected chi connectivity index (χ4v) is 6.01. The number of aromatic nitrogens is 2. The summed E-state index contributed by atoms with van der Waals surface area (Å²) in [5, 5.41) is 29.6. The van der Waals surface area contributed by atoms with E-state index in [1.165, 1.54) is 0 Å². The first-order chi connectivity index (χ1) is 17.4. The van der Waals surface area contributed by atoms with Crippen molar-refractivity contribution in [3.63, 3.8) is 0 Å². The quantitative estimate of drug-likeness (QED) is 0.0707. The summed E-state index contributed by atoms with van der Waals surface area (Å²) < 4.78 is 56.5. The molecule has 1 aromatic rings. The molecule has 1 saturated heterocycles. The molecule has 2 rings (SSSR count). The number of aliphatic hydroxyl groups excluding tert-OH is 3.